The fraction of sp³-hybridized carbons (Fsp3) is 0.500. The second kappa shape index (κ2) is 5.29. The maximum Gasteiger partial charge on any atom is 0.230 e. The molecule has 1 aliphatic carbocycles. The zero-order chi connectivity index (χ0) is 13.2. The molecule has 2 N–H and O–H groups in total. The maximum absolute atomic E-state index is 12.4. The van der Waals surface area contributed by atoms with Crippen molar-refractivity contribution in [1.82, 2.24) is 4.90 Å². The molecule has 0 aliphatic heterocycles. The molecule has 0 spiro atoms. The summed E-state index contributed by atoms with van der Waals surface area (Å²) in [5, 5.41) is 0.710. The van der Waals surface area contributed by atoms with Gasteiger partial charge in [0.2, 0.25) is 5.91 Å². The molecule has 0 saturated heterocycles. The van der Waals surface area contributed by atoms with E-state index in [0.29, 0.717) is 24.7 Å². The van der Waals surface area contributed by atoms with Gasteiger partial charge < -0.3 is 10.6 Å². The van der Waals surface area contributed by atoms with Gasteiger partial charge in [-0.05, 0) is 31.4 Å². The van der Waals surface area contributed by atoms with Crippen molar-refractivity contribution in [2.24, 2.45) is 11.1 Å². The molecule has 18 heavy (non-hydrogen) atoms. The summed E-state index contributed by atoms with van der Waals surface area (Å²) in [5.74, 6) is 0.174. The number of carbonyl (C=O) groups excluding carboxylic acids is 1. The Morgan fingerprint density at radius 1 is 1.44 bits per heavy atom. The summed E-state index contributed by atoms with van der Waals surface area (Å²) in [6.07, 6.45) is 1.84. The molecule has 4 heteroatoms. The molecule has 1 fully saturated rings. The molecule has 0 unspecified atom stereocenters. The van der Waals surface area contributed by atoms with E-state index >= 15 is 0 Å². The normalized spacial score (nSPS) is 16.4. The van der Waals surface area contributed by atoms with Crippen LogP contribution in [0.4, 0.5) is 0 Å². The third-order valence-electron chi connectivity index (χ3n) is 3.69. The van der Waals surface area contributed by atoms with Crippen LogP contribution in [-0.2, 0) is 11.3 Å². The molecule has 0 radical (unpaired) electrons. The first kappa shape index (κ1) is 13.4. The van der Waals surface area contributed by atoms with Gasteiger partial charge in [-0.2, -0.15) is 0 Å². The van der Waals surface area contributed by atoms with Gasteiger partial charge in [-0.3, -0.25) is 4.79 Å². The van der Waals surface area contributed by atoms with Crippen molar-refractivity contribution in [2.75, 3.05) is 13.1 Å². The highest BCUT2D eigenvalue weighted by Gasteiger charge is 2.50. The number of hydrogen-bond donors (Lipinski definition) is 1. The number of halogens is 1. The van der Waals surface area contributed by atoms with Crippen molar-refractivity contribution in [3.05, 3.63) is 34.9 Å². The lowest BCUT2D eigenvalue weighted by Crippen LogP contribution is -2.40. The van der Waals surface area contributed by atoms with E-state index in [4.69, 9.17) is 17.3 Å². The smallest absolute Gasteiger partial charge is 0.230 e. The molecule has 1 aromatic carbocycles. The standard InChI is InChI=1S/C14H19ClN2O/c1-2-17(13(18)14(10-16)7-8-14)9-11-5-3-4-6-12(11)15/h3-6H,2,7-10,16H2,1H3. The fourth-order valence-electron chi connectivity index (χ4n) is 2.15. The summed E-state index contributed by atoms with van der Waals surface area (Å²) in [5.41, 5.74) is 6.42. The Bertz CT molecular complexity index is 443. The van der Waals surface area contributed by atoms with Crippen molar-refractivity contribution >= 4 is 17.5 Å². The highest BCUT2D eigenvalue weighted by molar-refractivity contribution is 6.31. The van der Waals surface area contributed by atoms with Crippen molar-refractivity contribution < 1.29 is 4.79 Å². The molecular weight excluding hydrogens is 248 g/mol. The number of rotatable bonds is 5. The molecule has 98 valence electrons. The number of amides is 1. The SMILES string of the molecule is CCN(Cc1ccccc1Cl)C(=O)C1(CN)CC1. The second-order valence-corrected chi connectivity index (χ2v) is 5.30. The van der Waals surface area contributed by atoms with Gasteiger partial charge in [-0.25, -0.2) is 0 Å². The summed E-state index contributed by atoms with van der Waals surface area (Å²) in [6.45, 7) is 3.69. The maximum atomic E-state index is 12.4. The molecular formula is C14H19ClN2O. The van der Waals surface area contributed by atoms with E-state index in [0.717, 1.165) is 18.4 Å². The minimum Gasteiger partial charge on any atom is -0.338 e. The Balaban J connectivity index is 2.11. The largest absolute Gasteiger partial charge is 0.338 e. The van der Waals surface area contributed by atoms with Gasteiger partial charge in [-0.15, -0.1) is 0 Å². The highest BCUT2D eigenvalue weighted by atomic mass is 35.5. The molecule has 3 nitrogen and oxygen atoms in total. The van der Waals surface area contributed by atoms with E-state index in [1.165, 1.54) is 0 Å². The summed E-state index contributed by atoms with van der Waals surface area (Å²) >= 11 is 6.13. The third-order valence-corrected chi connectivity index (χ3v) is 4.05. The number of nitrogens with zero attached hydrogens (tertiary/aromatic N) is 1. The van der Waals surface area contributed by atoms with Crippen LogP contribution in [0.2, 0.25) is 5.02 Å². The number of hydrogen-bond acceptors (Lipinski definition) is 2. The van der Waals surface area contributed by atoms with Crippen molar-refractivity contribution in [3.63, 3.8) is 0 Å². The quantitative estimate of drug-likeness (QED) is 0.890. The Hall–Kier alpha value is -1.06. The number of nitrogens with two attached hydrogens (primary N) is 1. The molecule has 1 saturated carbocycles. The molecule has 1 aliphatic rings. The van der Waals surface area contributed by atoms with E-state index in [9.17, 15) is 4.79 Å². The van der Waals surface area contributed by atoms with Crippen LogP contribution in [0.3, 0.4) is 0 Å². The van der Waals surface area contributed by atoms with E-state index in [-0.39, 0.29) is 11.3 Å². The van der Waals surface area contributed by atoms with Crippen molar-refractivity contribution in [1.29, 1.82) is 0 Å². The second-order valence-electron chi connectivity index (χ2n) is 4.90. The number of benzene rings is 1. The summed E-state index contributed by atoms with van der Waals surface area (Å²) in [6, 6.07) is 7.65. The van der Waals surface area contributed by atoms with Gasteiger partial charge in [0.05, 0.1) is 5.41 Å². The zero-order valence-electron chi connectivity index (χ0n) is 10.7. The summed E-state index contributed by atoms with van der Waals surface area (Å²) < 4.78 is 0. The molecule has 2 rings (SSSR count). The molecule has 1 amide bonds. The van der Waals surface area contributed by atoms with Crippen LogP contribution in [0, 0.1) is 5.41 Å². The molecule has 0 heterocycles. The lowest BCUT2D eigenvalue weighted by atomic mass is 10.1. The monoisotopic (exact) mass is 266 g/mol. The number of carbonyl (C=O) groups is 1. The minimum absolute atomic E-state index is 0.174. The topological polar surface area (TPSA) is 46.3 Å². The lowest BCUT2D eigenvalue weighted by Gasteiger charge is -2.26. The Morgan fingerprint density at radius 2 is 2.11 bits per heavy atom. The molecule has 0 bridgehead atoms. The average molecular weight is 267 g/mol. The van der Waals surface area contributed by atoms with Crippen LogP contribution in [0.25, 0.3) is 0 Å². The van der Waals surface area contributed by atoms with Gasteiger partial charge in [0, 0.05) is 24.7 Å². The van der Waals surface area contributed by atoms with Crippen LogP contribution >= 0.6 is 11.6 Å². The summed E-state index contributed by atoms with van der Waals surface area (Å²) in [7, 11) is 0. The first-order chi connectivity index (χ1) is 8.63. The zero-order valence-corrected chi connectivity index (χ0v) is 11.4. The molecule has 1 aromatic rings. The van der Waals surface area contributed by atoms with E-state index in [1.54, 1.807) is 0 Å². The average Bonchev–Trinajstić information content (AvgIpc) is 3.18. The van der Waals surface area contributed by atoms with Crippen molar-refractivity contribution in [2.45, 2.75) is 26.3 Å². The van der Waals surface area contributed by atoms with Crippen molar-refractivity contribution in [3.8, 4) is 0 Å². The lowest BCUT2D eigenvalue weighted by molar-refractivity contribution is -0.137. The highest BCUT2D eigenvalue weighted by Crippen LogP contribution is 2.46. The van der Waals surface area contributed by atoms with Crippen LogP contribution in [0.15, 0.2) is 24.3 Å². The fourth-order valence-corrected chi connectivity index (χ4v) is 2.35. The van der Waals surface area contributed by atoms with E-state index in [2.05, 4.69) is 0 Å². The van der Waals surface area contributed by atoms with Gasteiger partial charge in [0.25, 0.3) is 0 Å². The van der Waals surface area contributed by atoms with Crippen LogP contribution in [0.1, 0.15) is 25.3 Å². The predicted octanol–water partition coefficient (Wildman–Crippen LogP) is 2.43. The predicted molar refractivity (Wildman–Crippen MR) is 73.3 cm³/mol. The summed E-state index contributed by atoms with van der Waals surface area (Å²) in [4.78, 5) is 14.3. The minimum atomic E-state index is -0.280. The van der Waals surface area contributed by atoms with Gasteiger partial charge >= 0.3 is 0 Å². The molecule has 0 atom stereocenters. The van der Waals surface area contributed by atoms with Gasteiger partial charge in [-0.1, -0.05) is 29.8 Å². The Morgan fingerprint density at radius 3 is 2.61 bits per heavy atom. The van der Waals surface area contributed by atoms with Crippen LogP contribution in [0.5, 0.6) is 0 Å². The first-order valence-electron chi connectivity index (χ1n) is 6.36. The van der Waals surface area contributed by atoms with Crippen LogP contribution < -0.4 is 5.73 Å². The van der Waals surface area contributed by atoms with E-state index < -0.39 is 0 Å². The van der Waals surface area contributed by atoms with Crippen LogP contribution in [-0.4, -0.2) is 23.9 Å². The Kier molecular flexibility index (Phi) is 3.93. The molecule has 0 aromatic heterocycles. The first-order valence-corrected chi connectivity index (χ1v) is 6.73. The van der Waals surface area contributed by atoms with E-state index in [1.807, 2.05) is 36.1 Å². The third kappa shape index (κ3) is 2.52. The Labute approximate surface area is 113 Å². The van der Waals surface area contributed by atoms with Gasteiger partial charge in [0.1, 0.15) is 0 Å². The van der Waals surface area contributed by atoms with Gasteiger partial charge in [0.15, 0.2) is 0 Å².